The number of benzene rings is 2. The summed E-state index contributed by atoms with van der Waals surface area (Å²) in [6, 6.07) is 13.7. The number of ether oxygens (including phenoxy) is 1. The van der Waals surface area contributed by atoms with E-state index in [1.165, 1.54) is 4.90 Å². The molecule has 2 aromatic rings. The maximum absolute atomic E-state index is 13.2. The lowest BCUT2D eigenvalue weighted by molar-refractivity contribution is -0.137. The molecule has 1 heterocycles. The summed E-state index contributed by atoms with van der Waals surface area (Å²) < 4.78 is 5.57. The largest absolute Gasteiger partial charge is 0.379 e. The molecule has 1 aliphatic rings. The van der Waals surface area contributed by atoms with Crippen molar-refractivity contribution >= 4 is 23.1 Å². The minimum atomic E-state index is -0.292. The molecule has 2 amide bonds. The molecular formula is C25H30N2O3. The van der Waals surface area contributed by atoms with E-state index < -0.39 is 0 Å². The highest BCUT2D eigenvalue weighted by Gasteiger charge is 2.38. The Hall–Kier alpha value is -2.92. The second-order valence-electron chi connectivity index (χ2n) is 8.15. The van der Waals surface area contributed by atoms with Crippen molar-refractivity contribution in [1.82, 2.24) is 4.90 Å². The summed E-state index contributed by atoms with van der Waals surface area (Å²) in [7, 11) is 0. The van der Waals surface area contributed by atoms with Crippen LogP contribution in [0.25, 0.3) is 5.57 Å². The summed E-state index contributed by atoms with van der Waals surface area (Å²) in [6.45, 7) is 10.8. The highest BCUT2D eigenvalue weighted by atomic mass is 16.5. The van der Waals surface area contributed by atoms with Gasteiger partial charge in [0.2, 0.25) is 0 Å². The van der Waals surface area contributed by atoms with Gasteiger partial charge in [-0.2, -0.15) is 0 Å². The van der Waals surface area contributed by atoms with Crippen LogP contribution in [0.4, 0.5) is 5.69 Å². The van der Waals surface area contributed by atoms with E-state index in [-0.39, 0.29) is 17.9 Å². The number of anilines is 1. The van der Waals surface area contributed by atoms with Crippen LogP contribution in [0.5, 0.6) is 0 Å². The smallest absolute Gasteiger partial charge is 0.278 e. The number of hydrogen-bond donors (Lipinski definition) is 1. The third-order valence-electron chi connectivity index (χ3n) is 4.98. The maximum atomic E-state index is 13.2. The topological polar surface area (TPSA) is 58.6 Å². The van der Waals surface area contributed by atoms with Gasteiger partial charge in [-0.15, -0.1) is 0 Å². The molecule has 2 aromatic carbocycles. The van der Waals surface area contributed by atoms with E-state index >= 15 is 0 Å². The molecule has 0 unspecified atom stereocenters. The third-order valence-corrected chi connectivity index (χ3v) is 4.98. The zero-order valence-corrected chi connectivity index (χ0v) is 18.4. The number of carbonyl (C=O) groups excluding carboxylic acids is 2. The Bertz CT molecular complexity index is 954. The number of hydrogen-bond acceptors (Lipinski definition) is 4. The van der Waals surface area contributed by atoms with Crippen LogP contribution in [-0.2, 0) is 14.3 Å². The summed E-state index contributed by atoms with van der Waals surface area (Å²) in [6.07, 6.45) is 0.728. The van der Waals surface area contributed by atoms with Crippen molar-refractivity contribution in [3.8, 4) is 0 Å². The number of carbonyl (C=O) groups is 2. The Morgan fingerprint density at radius 1 is 0.900 bits per heavy atom. The Morgan fingerprint density at radius 2 is 1.53 bits per heavy atom. The lowest BCUT2D eigenvalue weighted by Gasteiger charge is -2.16. The highest BCUT2D eigenvalue weighted by Crippen LogP contribution is 2.31. The summed E-state index contributed by atoms with van der Waals surface area (Å²) in [5.41, 5.74) is 5.58. The standard InChI is InChI=1S/C25H30N2O3/c1-16(2)30-12-6-11-27-24(28)22(20-9-7-17(3)8-10-20)23(25(27)29)26-21-14-18(4)13-19(5)15-21/h7-10,13-16,26H,6,11-12H2,1-5H3. The predicted octanol–water partition coefficient (Wildman–Crippen LogP) is 4.62. The maximum Gasteiger partial charge on any atom is 0.278 e. The average molecular weight is 407 g/mol. The molecule has 0 atom stereocenters. The van der Waals surface area contributed by atoms with E-state index in [1.54, 1.807) is 0 Å². The summed E-state index contributed by atoms with van der Waals surface area (Å²) in [5, 5.41) is 3.24. The van der Waals surface area contributed by atoms with E-state index in [2.05, 4.69) is 11.4 Å². The molecular weight excluding hydrogens is 376 g/mol. The molecule has 158 valence electrons. The highest BCUT2D eigenvalue weighted by molar-refractivity contribution is 6.36. The molecule has 0 spiro atoms. The Morgan fingerprint density at radius 3 is 2.13 bits per heavy atom. The van der Waals surface area contributed by atoms with E-state index in [1.807, 2.05) is 71.0 Å². The first-order chi connectivity index (χ1) is 14.3. The SMILES string of the molecule is Cc1ccc(C2=C(Nc3cc(C)cc(C)c3)C(=O)N(CCCOC(C)C)C2=O)cc1. The summed E-state index contributed by atoms with van der Waals surface area (Å²) in [5.74, 6) is -0.556. The second kappa shape index (κ2) is 9.26. The van der Waals surface area contributed by atoms with Crippen molar-refractivity contribution < 1.29 is 14.3 Å². The fourth-order valence-corrected chi connectivity index (χ4v) is 3.62. The number of nitrogens with zero attached hydrogens (tertiary/aromatic N) is 1. The average Bonchev–Trinajstić information content (AvgIpc) is 2.89. The van der Waals surface area contributed by atoms with E-state index in [9.17, 15) is 9.59 Å². The van der Waals surface area contributed by atoms with Crippen molar-refractivity contribution in [3.63, 3.8) is 0 Å². The van der Waals surface area contributed by atoms with Crippen LogP contribution in [0.2, 0.25) is 0 Å². The lowest BCUT2D eigenvalue weighted by Crippen LogP contribution is -2.34. The molecule has 30 heavy (non-hydrogen) atoms. The monoisotopic (exact) mass is 406 g/mol. The first-order valence-corrected chi connectivity index (χ1v) is 10.4. The molecule has 0 bridgehead atoms. The van der Waals surface area contributed by atoms with Gasteiger partial charge in [-0.25, -0.2) is 0 Å². The fourth-order valence-electron chi connectivity index (χ4n) is 3.62. The number of rotatable bonds is 8. The van der Waals surface area contributed by atoms with Crippen LogP contribution in [0, 0.1) is 20.8 Å². The molecule has 5 nitrogen and oxygen atoms in total. The molecule has 0 aromatic heterocycles. The molecule has 3 rings (SSSR count). The first-order valence-electron chi connectivity index (χ1n) is 10.4. The zero-order chi connectivity index (χ0) is 21.8. The number of aryl methyl sites for hydroxylation is 3. The lowest BCUT2D eigenvalue weighted by atomic mass is 10.0. The van der Waals surface area contributed by atoms with E-state index in [0.717, 1.165) is 27.9 Å². The van der Waals surface area contributed by atoms with Gasteiger partial charge in [-0.3, -0.25) is 14.5 Å². The van der Waals surface area contributed by atoms with Crippen LogP contribution >= 0.6 is 0 Å². The zero-order valence-electron chi connectivity index (χ0n) is 18.4. The van der Waals surface area contributed by atoms with E-state index in [4.69, 9.17) is 4.74 Å². The molecule has 0 radical (unpaired) electrons. The predicted molar refractivity (Wildman–Crippen MR) is 120 cm³/mol. The van der Waals surface area contributed by atoms with Crippen molar-refractivity contribution in [2.45, 2.75) is 47.1 Å². The van der Waals surface area contributed by atoms with Crippen LogP contribution in [0.15, 0.2) is 48.2 Å². The fraction of sp³-hybridized carbons (Fsp3) is 0.360. The minimum absolute atomic E-state index is 0.123. The Labute approximate surface area is 178 Å². The van der Waals surface area contributed by atoms with Gasteiger partial charge >= 0.3 is 0 Å². The van der Waals surface area contributed by atoms with Gasteiger partial charge in [-0.1, -0.05) is 35.9 Å². The number of imide groups is 1. The first kappa shape index (κ1) is 21.8. The van der Waals surface area contributed by atoms with E-state index in [0.29, 0.717) is 30.8 Å². The summed E-state index contributed by atoms with van der Waals surface area (Å²) in [4.78, 5) is 27.8. The molecule has 1 aliphatic heterocycles. The van der Waals surface area contributed by atoms with Gasteiger partial charge in [0.15, 0.2) is 0 Å². The van der Waals surface area contributed by atoms with Gasteiger partial charge in [0.05, 0.1) is 11.7 Å². The van der Waals surface area contributed by atoms with Gasteiger partial charge in [0, 0.05) is 18.8 Å². The second-order valence-corrected chi connectivity index (χ2v) is 8.15. The van der Waals surface area contributed by atoms with Crippen LogP contribution in [0.3, 0.4) is 0 Å². The quantitative estimate of drug-likeness (QED) is 0.513. The van der Waals surface area contributed by atoms with Crippen molar-refractivity contribution in [3.05, 3.63) is 70.4 Å². The van der Waals surface area contributed by atoms with Gasteiger partial charge in [0.1, 0.15) is 5.70 Å². The third kappa shape index (κ3) is 4.97. The number of amides is 2. The van der Waals surface area contributed by atoms with Crippen molar-refractivity contribution in [2.75, 3.05) is 18.5 Å². The normalized spacial score (nSPS) is 14.3. The van der Waals surface area contributed by atoms with Gasteiger partial charge < -0.3 is 10.1 Å². The minimum Gasteiger partial charge on any atom is -0.379 e. The molecule has 0 saturated heterocycles. The van der Waals surface area contributed by atoms with Crippen molar-refractivity contribution in [2.24, 2.45) is 0 Å². The van der Waals surface area contributed by atoms with Gasteiger partial charge in [-0.05, 0) is 69.9 Å². The van der Waals surface area contributed by atoms with Crippen LogP contribution in [0.1, 0.15) is 42.5 Å². The Balaban J connectivity index is 1.92. The van der Waals surface area contributed by atoms with Crippen molar-refractivity contribution in [1.29, 1.82) is 0 Å². The number of nitrogens with one attached hydrogen (secondary N) is 1. The Kier molecular flexibility index (Phi) is 6.73. The summed E-state index contributed by atoms with van der Waals surface area (Å²) >= 11 is 0. The molecule has 0 aliphatic carbocycles. The molecule has 1 N–H and O–H groups in total. The molecule has 0 saturated carbocycles. The van der Waals surface area contributed by atoms with Gasteiger partial charge in [0.25, 0.3) is 11.8 Å². The van der Waals surface area contributed by atoms with Crippen LogP contribution < -0.4 is 5.32 Å². The molecule has 0 fully saturated rings. The van der Waals surface area contributed by atoms with Crippen LogP contribution in [-0.4, -0.2) is 36.0 Å². The molecule has 5 heteroatoms.